The quantitative estimate of drug-likeness (QED) is 0.805. The summed E-state index contributed by atoms with van der Waals surface area (Å²) in [6.07, 6.45) is 3.09. The smallest absolute Gasteiger partial charge is 0.251 e. The molecule has 0 unspecified atom stereocenters. The van der Waals surface area contributed by atoms with E-state index in [1.54, 1.807) is 26.4 Å². The zero-order chi connectivity index (χ0) is 18.5. The summed E-state index contributed by atoms with van der Waals surface area (Å²) in [6.45, 7) is 4.35. The maximum absolute atomic E-state index is 12.9. The number of hydrogen-bond acceptors (Lipinski definition) is 4. The number of fused-ring (bicyclic) bond motifs is 1. The van der Waals surface area contributed by atoms with Crippen LogP contribution in [-0.4, -0.2) is 26.7 Å². The van der Waals surface area contributed by atoms with Crippen molar-refractivity contribution in [2.45, 2.75) is 18.9 Å². The third-order valence-electron chi connectivity index (χ3n) is 4.45. The molecule has 1 N–H and O–H groups in total. The van der Waals surface area contributed by atoms with Gasteiger partial charge in [-0.05, 0) is 24.6 Å². The summed E-state index contributed by atoms with van der Waals surface area (Å²) < 4.78 is 16.5. The summed E-state index contributed by atoms with van der Waals surface area (Å²) in [4.78, 5) is 12.9. The van der Waals surface area contributed by atoms with Gasteiger partial charge in [0, 0.05) is 23.1 Å². The average molecular weight is 353 g/mol. The van der Waals surface area contributed by atoms with Crippen molar-refractivity contribution >= 4 is 5.91 Å². The zero-order valence-corrected chi connectivity index (χ0v) is 15.1. The van der Waals surface area contributed by atoms with Gasteiger partial charge in [-0.2, -0.15) is 0 Å². The van der Waals surface area contributed by atoms with Crippen LogP contribution in [0.3, 0.4) is 0 Å². The van der Waals surface area contributed by atoms with Crippen LogP contribution in [0.1, 0.15) is 33.9 Å². The van der Waals surface area contributed by atoms with E-state index in [4.69, 9.17) is 14.2 Å². The molecular weight excluding hydrogens is 330 g/mol. The maximum atomic E-state index is 12.9. The summed E-state index contributed by atoms with van der Waals surface area (Å²) in [5.74, 6) is 1.83. The van der Waals surface area contributed by atoms with Crippen molar-refractivity contribution in [1.82, 2.24) is 5.32 Å². The van der Waals surface area contributed by atoms with Crippen LogP contribution in [0.5, 0.6) is 17.2 Å². The predicted molar refractivity (Wildman–Crippen MR) is 100 cm³/mol. The molecule has 136 valence electrons. The molecule has 1 atom stereocenters. The van der Waals surface area contributed by atoms with Gasteiger partial charge in [0.2, 0.25) is 0 Å². The van der Waals surface area contributed by atoms with E-state index in [-0.39, 0.29) is 11.9 Å². The molecule has 0 spiro atoms. The first-order chi connectivity index (χ1) is 12.7. The van der Waals surface area contributed by atoms with E-state index in [0.29, 0.717) is 30.1 Å². The monoisotopic (exact) mass is 353 g/mol. The molecule has 1 heterocycles. The molecule has 5 nitrogen and oxygen atoms in total. The topological polar surface area (TPSA) is 56.8 Å². The minimum atomic E-state index is -0.155. The van der Waals surface area contributed by atoms with Gasteiger partial charge in [0.15, 0.2) is 11.5 Å². The molecule has 1 aliphatic rings. The van der Waals surface area contributed by atoms with Crippen molar-refractivity contribution < 1.29 is 19.0 Å². The lowest BCUT2D eigenvalue weighted by Gasteiger charge is -2.26. The Morgan fingerprint density at radius 2 is 2.12 bits per heavy atom. The number of methoxy groups -OCH3 is 2. The Balaban J connectivity index is 1.89. The molecule has 0 saturated carbocycles. The van der Waals surface area contributed by atoms with E-state index in [1.165, 1.54) is 0 Å². The molecule has 1 amide bonds. The molecule has 1 aliphatic heterocycles. The number of ether oxygens (including phenoxy) is 3. The predicted octanol–water partition coefficient (Wildman–Crippen LogP) is 3.69. The van der Waals surface area contributed by atoms with Crippen LogP contribution in [0.4, 0.5) is 0 Å². The normalized spacial score (nSPS) is 15.4. The van der Waals surface area contributed by atoms with E-state index in [0.717, 1.165) is 23.3 Å². The van der Waals surface area contributed by atoms with E-state index in [9.17, 15) is 4.79 Å². The van der Waals surface area contributed by atoms with Crippen molar-refractivity contribution in [3.05, 3.63) is 65.7 Å². The van der Waals surface area contributed by atoms with Crippen LogP contribution < -0.4 is 19.5 Å². The van der Waals surface area contributed by atoms with Crippen LogP contribution in [0.15, 0.2) is 49.1 Å². The second kappa shape index (κ2) is 7.95. The average Bonchev–Trinajstić information content (AvgIpc) is 2.67. The molecular formula is C21H23NO4. The van der Waals surface area contributed by atoms with E-state index >= 15 is 0 Å². The largest absolute Gasteiger partial charge is 0.493 e. The van der Waals surface area contributed by atoms with E-state index in [2.05, 4.69) is 11.9 Å². The van der Waals surface area contributed by atoms with Gasteiger partial charge in [-0.25, -0.2) is 0 Å². The lowest BCUT2D eigenvalue weighted by Crippen LogP contribution is -2.32. The first kappa shape index (κ1) is 17.9. The van der Waals surface area contributed by atoms with Gasteiger partial charge >= 0.3 is 0 Å². The summed E-state index contributed by atoms with van der Waals surface area (Å²) in [5.41, 5.74) is 2.39. The summed E-state index contributed by atoms with van der Waals surface area (Å²) in [7, 11) is 3.15. The fourth-order valence-electron chi connectivity index (χ4n) is 3.22. The van der Waals surface area contributed by atoms with Crippen molar-refractivity contribution in [1.29, 1.82) is 0 Å². The van der Waals surface area contributed by atoms with Crippen molar-refractivity contribution in [3.63, 3.8) is 0 Å². The Labute approximate surface area is 153 Å². The van der Waals surface area contributed by atoms with Crippen LogP contribution in [-0.2, 0) is 6.42 Å². The minimum absolute atomic E-state index is 0.0802. The molecule has 0 radical (unpaired) electrons. The highest BCUT2D eigenvalue weighted by Gasteiger charge is 2.24. The van der Waals surface area contributed by atoms with Crippen LogP contribution in [0, 0.1) is 0 Å². The zero-order valence-electron chi connectivity index (χ0n) is 15.1. The van der Waals surface area contributed by atoms with Crippen molar-refractivity contribution in [2.75, 3.05) is 20.8 Å². The Bertz CT molecular complexity index is 816. The van der Waals surface area contributed by atoms with Gasteiger partial charge < -0.3 is 19.5 Å². The Morgan fingerprint density at radius 1 is 1.31 bits per heavy atom. The first-order valence-corrected chi connectivity index (χ1v) is 8.56. The van der Waals surface area contributed by atoms with Gasteiger partial charge in [-0.15, -0.1) is 6.58 Å². The number of carbonyl (C=O) groups excluding carboxylic acids is 1. The molecule has 0 bridgehead atoms. The van der Waals surface area contributed by atoms with Crippen molar-refractivity contribution in [2.24, 2.45) is 0 Å². The number of hydrogen-bond donors (Lipinski definition) is 1. The maximum Gasteiger partial charge on any atom is 0.251 e. The van der Waals surface area contributed by atoms with Crippen molar-refractivity contribution in [3.8, 4) is 17.2 Å². The van der Waals surface area contributed by atoms with Gasteiger partial charge in [0.05, 0.1) is 26.9 Å². The van der Waals surface area contributed by atoms with Gasteiger partial charge in [0.25, 0.3) is 5.91 Å². The number of allylic oxidation sites excluding steroid dienone is 1. The van der Waals surface area contributed by atoms with Crippen LogP contribution in [0.25, 0.3) is 0 Å². The number of amides is 1. The summed E-state index contributed by atoms with van der Waals surface area (Å²) in [5, 5.41) is 3.11. The Morgan fingerprint density at radius 3 is 2.85 bits per heavy atom. The minimum Gasteiger partial charge on any atom is -0.493 e. The SMILES string of the molecule is C=CCc1cc(C(=O)N[C@@H]2CCOc3ccccc32)cc(OC)c1OC. The highest BCUT2D eigenvalue weighted by molar-refractivity contribution is 5.95. The van der Waals surface area contributed by atoms with Crippen LogP contribution >= 0.6 is 0 Å². The third-order valence-corrected chi connectivity index (χ3v) is 4.45. The molecule has 5 heteroatoms. The molecule has 2 aromatic carbocycles. The number of para-hydroxylation sites is 1. The number of rotatable bonds is 6. The van der Waals surface area contributed by atoms with Crippen LogP contribution in [0.2, 0.25) is 0 Å². The first-order valence-electron chi connectivity index (χ1n) is 8.56. The molecule has 3 rings (SSSR count). The fraction of sp³-hybridized carbons (Fsp3) is 0.286. The van der Waals surface area contributed by atoms with Gasteiger partial charge in [0.1, 0.15) is 5.75 Å². The second-order valence-electron chi connectivity index (χ2n) is 6.06. The molecule has 2 aromatic rings. The Hall–Kier alpha value is -2.95. The Kier molecular flexibility index (Phi) is 5.46. The number of carbonyl (C=O) groups is 1. The highest BCUT2D eigenvalue weighted by atomic mass is 16.5. The summed E-state index contributed by atoms with van der Waals surface area (Å²) >= 11 is 0. The lowest BCUT2D eigenvalue weighted by atomic mass is 9.99. The molecule has 0 fully saturated rings. The summed E-state index contributed by atoms with van der Waals surface area (Å²) in [6, 6.07) is 11.2. The lowest BCUT2D eigenvalue weighted by molar-refractivity contribution is 0.0924. The molecule has 0 saturated heterocycles. The molecule has 0 aromatic heterocycles. The van der Waals surface area contributed by atoms with Gasteiger partial charge in [-0.3, -0.25) is 4.79 Å². The standard InChI is InChI=1S/C21H23NO4/c1-4-7-14-12-15(13-19(24-2)20(14)25-3)21(23)22-17-10-11-26-18-9-6-5-8-16(17)18/h4-6,8-9,12-13,17H,1,7,10-11H2,2-3H3,(H,22,23)/t17-/m1/s1. The third kappa shape index (κ3) is 3.52. The fourth-order valence-corrected chi connectivity index (χ4v) is 3.22. The molecule has 26 heavy (non-hydrogen) atoms. The number of nitrogens with one attached hydrogen (secondary N) is 1. The van der Waals surface area contributed by atoms with E-state index < -0.39 is 0 Å². The number of benzene rings is 2. The highest BCUT2D eigenvalue weighted by Crippen LogP contribution is 2.34. The molecule has 0 aliphatic carbocycles. The van der Waals surface area contributed by atoms with E-state index in [1.807, 2.05) is 30.3 Å². The van der Waals surface area contributed by atoms with Gasteiger partial charge in [-0.1, -0.05) is 24.3 Å². The second-order valence-corrected chi connectivity index (χ2v) is 6.06.